The molecule has 0 atom stereocenters. The molecule has 1 aromatic heterocycles. The van der Waals surface area contributed by atoms with E-state index in [9.17, 15) is 9.59 Å². The van der Waals surface area contributed by atoms with Crippen LogP contribution in [0.2, 0.25) is 0 Å². The van der Waals surface area contributed by atoms with Gasteiger partial charge in [-0.2, -0.15) is 0 Å². The molecular weight excluding hydrogens is 270 g/mol. The lowest BCUT2D eigenvalue weighted by atomic mass is 10.1. The van der Waals surface area contributed by atoms with Crippen LogP contribution in [0.1, 0.15) is 28.1 Å². The van der Waals surface area contributed by atoms with Crippen LogP contribution in [-0.4, -0.2) is 28.4 Å². The molecule has 110 valence electrons. The van der Waals surface area contributed by atoms with Crippen LogP contribution in [0.25, 0.3) is 0 Å². The van der Waals surface area contributed by atoms with Crippen LogP contribution in [-0.2, 0) is 11.3 Å². The van der Waals surface area contributed by atoms with Gasteiger partial charge < -0.3 is 14.4 Å². The Hall–Kier alpha value is -2.56. The van der Waals surface area contributed by atoms with Crippen molar-refractivity contribution in [2.45, 2.75) is 19.9 Å². The number of amides is 1. The summed E-state index contributed by atoms with van der Waals surface area (Å²) in [5, 5.41) is 8.82. The fraction of sp³-hybridized carbons (Fsp3) is 0.250. The van der Waals surface area contributed by atoms with E-state index in [1.165, 1.54) is 11.2 Å². The SMILES string of the molecule is Cc1ccc(CN(CCC(=O)O)C(=O)c2ccco2)cc1. The quantitative estimate of drug-likeness (QED) is 0.886. The van der Waals surface area contributed by atoms with Crippen LogP contribution >= 0.6 is 0 Å². The van der Waals surface area contributed by atoms with Crippen molar-refractivity contribution in [1.29, 1.82) is 0 Å². The Labute approximate surface area is 122 Å². The highest BCUT2D eigenvalue weighted by atomic mass is 16.4. The van der Waals surface area contributed by atoms with E-state index in [0.717, 1.165) is 11.1 Å². The Morgan fingerprint density at radius 3 is 2.48 bits per heavy atom. The fourth-order valence-electron chi connectivity index (χ4n) is 1.95. The predicted octanol–water partition coefficient (Wildman–Crippen LogP) is 2.71. The summed E-state index contributed by atoms with van der Waals surface area (Å²) in [5.74, 6) is -1.02. The number of furan rings is 1. The van der Waals surface area contributed by atoms with Gasteiger partial charge in [0.25, 0.3) is 5.91 Å². The minimum absolute atomic E-state index is 0.0989. The molecule has 0 radical (unpaired) electrons. The Morgan fingerprint density at radius 1 is 1.19 bits per heavy atom. The molecule has 0 bridgehead atoms. The molecule has 0 aliphatic rings. The number of hydrogen-bond acceptors (Lipinski definition) is 3. The van der Waals surface area contributed by atoms with Gasteiger partial charge in [-0.1, -0.05) is 29.8 Å². The third-order valence-electron chi connectivity index (χ3n) is 3.11. The van der Waals surface area contributed by atoms with Crippen LogP contribution in [0.4, 0.5) is 0 Å². The Bertz CT molecular complexity index is 602. The van der Waals surface area contributed by atoms with E-state index in [-0.39, 0.29) is 24.6 Å². The smallest absolute Gasteiger partial charge is 0.305 e. The van der Waals surface area contributed by atoms with Crippen LogP contribution in [0.15, 0.2) is 47.1 Å². The van der Waals surface area contributed by atoms with Gasteiger partial charge in [-0.3, -0.25) is 9.59 Å². The van der Waals surface area contributed by atoms with Crippen molar-refractivity contribution in [3.05, 3.63) is 59.5 Å². The summed E-state index contributed by atoms with van der Waals surface area (Å²) in [6, 6.07) is 11.0. The molecule has 5 nitrogen and oxygen atoms in total. The third-order valence-corrected chi connectivity index (χ3v) is 3.11. The second-order valence-corrected chi connectivity index (χ2v) is 4.83. The summed E-state index contributed by atoms with van der Waals surface area (Å²) in [7, 11) is 0. The molecule has 21 heavy (non-hydrogen) atoms. The minimum Gasteiger partial charge on any atom is -0.481 e. The highest BCUT2D eigenvalue weighted by Gasteiger charge is 2.19. The van der Waals surface area contributed by atoms with Crippen LogP contribution in [0, 0.1) is 6.92 Å². The number of carbonyl (C=O) groups is 2. The van der Waals surface area contributed by atoms with Gasteiger partial charge in [0.2, 0.25) is 0 Å². The maximum absolute atomic E-state index is 12.3. The number of benzene rings is 1. The lowest BCUT2D eigenvalue weighted by Crippen LogP contribution is -2.32. The number of aliphatic carboxylic acids is 1. The summed E-state index contributed by atoms with van der Waals surface area (Å²) in [6.07, 6.45) is 1.33. The van der Waals surface area contributed by atoms with E-state index < -0.39 is 5.97 Å². The molecule has 5 heteroatoms. The number of carboxylic acids is 1. The Kier molecular flexibility index (Phi) is 4.77. The summed E-state index contributed by atoms with van der Waals surface area (Å²) in [4.78, 5) is 24.6. The number of nitrogens with zero attached hydrogens (tertiary/aromatic N) is 1. The van der Waals surface area contributed by atoms with E-state index in [4.69, 9.17) is 9.52 Å². The first-order valence-corrected chi connectivity index (χ1v) is 6.66. The molecule has 0 fully saturated rings. The van der Waals surface area contributed by atoms with Gasteiger partial charge in [-0.15, -0.1) is 0 Å². The Balaban J connectivity index is 2.13. The van der Waals surface area contributed by atoms with Crippen LogP contribution in [0.5, 0.6) is 0 Å². The molecule has 0 spiro atoms. The maximum atomic E-state index is 12.3. The van der Waals surface area contributed by atoms with Crippen molar-refractivity contribution in [2.24, 2.45) is 0 Å². The topological polar surface area (TPSA) is 70.8 Å². The van der Waals surface area contributed by atoms with Crippen LogP contribution in [0.3, 0.4) is 0 Å². The lowest BCUT2D eigenvalue weighted by Gasteiger charge is -2.21. The van der Waals surface area contributed by atoms with E-state index >= 15 is 0 Å². The number of aryl methyl sites for hydroxylation is 1. The zero-order valence-corrected chi connectivity index (χ0v) is 11.8. The number of hydrogen-bond donors (Lipinski definition) is 1. The minimum atomic E-state index is -0.934. The average Bonchev–Trinajstić information content (AvgIpc) is 2.98. The van der Waals surface area contributed by atoms with Crippen molar-refractivity contribution >= 4 is 11.9 Å². The highest BCUT2D eigenvalue weighted by Crippen LogP contribution is 2.12. The molecule has 0 unspecified atom stereocenters. The first kappa shape index (κ1) is 14.8. The molecule has 0 saturated carbocycles. The second kappa shape index (κ2) is 6.74. The molecule has 2 aromatic rings. The molecule has 1 amide bonds. The van der Waals surface area contributed by atoms with Crippen molar-refractivity contribution in [2.75, 3.05) is 6.54 Å². The molecule has 1 heterocycles. The maximum Gasteiger partial charge on any atom is 0.305 e. The summed E-state index contributed by atoms with van der Waals surface area (Å²) in [6.45, 7) is 2.48. The van der Waals surface area contributed by atoms with Gasteiger partial charge in [-0.25, -0.2) is 0 Å². The molecule has 1 aromatic carbocycles. The van der Waals surface area contributed by atoms with Crippen LogP contribution < -0.4 is 0 Å². The highest BCUT2D eigenvalue weighted by molar-refractivity contribution is 5.91. The first-order valence-electron chi connectivity index (χ1n) is 6.66. The number of rotatable bonds is 6. The molecule has 0 aliphatic carbocycles. The van der Waals surface area contributed by atoms with Gasteiger partial charge in [0, 0.05) is 13.1 Å². The number of carboxylic acid groups (broad SMARTS) is 1. The zero-order valence-electron chi connectivity index (χ0n) is 11.8. The molecular formula is C16H17NO4. The van der Waals surface area contributed by atoms with Gasteiger partial charge in [0.15, 0.2) is 5.76 Å². The second-order valence-electron chi connectivity index (χ2n) is 4.83. The van der Waals surface area contributed by atoms with Crippen molar-refractivity contribution < 1.29 is 19.1 Å². The van der Waals surface area contributed by atoms with Gasteiger partial charge in [0.1, 0.15) is 0 Å². The Morgan fingerprint density at radius 2 is 1.90 bits per heavy atom. The van der Waals surface area contributed by atoms with Gasteiger partial charge in [0.05, 0.1) is 12.7 Å². The fourth-order valence-corrected chi connectivity index (χ4v) is 1.95. The largest absolute Gasteiger partial charge is 0.481 e. The monoisotopic (exact) mass is 287 g/mol. The van der Waals surface area contributed by atoms with Crippen molar-refractivity contribution in [3.8, 4) is 0 Å². The molecule has 0 aliphatic heterocycles. The third kappa shape index (κ3) is 4.21. The van der Waals surface area contributed by atoms with E-state index in [1.54, 1.807) is 12.1 Å². The van der Waals surface area contributed by atoms with Crippen molar-refractivity contribution in [1.82, 2.24) is 4.90 Å². The lowest BCUT2D eigenvalue weighted by molar-refractivity contribution is -0.137. The van der Waals surface area contributed by atoms with E-state index in [1.807, 2.05) is 31.2 Å². The van der Waals surface area contributed by atoms with E-state index in [0.29, 0.717) is 6.54 Å². The van der Waals surface area contributed by atoms with Gasteiger partial charge in [-0.05, 0) is 24.6 Å². The summed E-state index contributed by atoms with van der Waals surface area (Å²) >= 11 is 0. The normalized spacial score (nSPS) is 10.3. The van der Waals surface area contributed by atoms with Crippen molar-refractivity contribution in [3.63, 3.8) is 0 Å². The molecule has 1 N–H and O–H groups in total. The summed E-state index contributed by atoms with van der Waals surface area (Å²) < 4.78 is 5.10. The van der Waals surface area contributed by atoms with E-state index in [2.05, 4.69) is 0 Å². The first-order chi connectivity index (χ1) is 10.1. The standard InChI is InChI=1S/C16H17NO4/c1-12-4-6-13(7-5-12)11-17(9-8-15(18)19)16(20)14-3-2-10-21-14/h2-7,10H,8-9,11H2,1H3,(H,18,19). The number of carbonyl (C=O) groups excluding carboxylic acids is 1. The zero-order chi connectivity index (χ0) is 15.2. The van der Waals surface area contributed by atoms with Gasteiger partial charge >= 0.3 is 5.97 Å². The average molecular weight is 287 g/mol. The predicted molar refractivity (Wildman–Crippen MR) is 76.9 cm³/mol. The molecule has 2 rings (SSSR count). The molecule has 0 saturated heterocycles. The summed E-state index contributed by atoms with van der Waals surface area (Å²) in [5.41, 5.74) is 2.08.